The van der Waals surface area contributed by atoms with Gasteiger partial charge >= 0.3 is 6.18 Å². The molecule has 0 saturated heterocycles. The van der Waals surface area contributed by atoms with Gasteiger partial charge in [0.1, 0.15) is 6.04 Å². The number of likely N-dealkylation sites (N-methyl/N-ethyl adjacent to an activating group) is 1. The van der Waals surface area contributed by atoms with Crippen molar-refractivity contribution in [3.63, 3.8) is 0 Å². The molecule has 0 saturated carbocycles. The summed E-state index contributed by atoms with van der Waals surface area (Å²) in [5.41, 5.74) is -0.415. The molecule has 4 aromatic rings. The van der Waals surface area contributed by atoms with Gasteiger partial charge in [-0.05, 0) is 19.1 Å². The van der Waals surface area contributed by atoms with Crippen LogP contribution in [0.1, 0.15) is 12.5 Å². The monoisotopic (exact) mass is 418 g/mol. The van der Waals surface area contributed by atoms with Crippen molar-refractivity contribution < 1.29 is 18.0 Å². The van der Waals surface area contributed by atoms with E-state index in [1.54, 1.807) is 31.0 Å². The number of benzene rings is 1. The molecule has 156 valence electrons. The highest BCUT2D eigenvalue weighted by Gasteiger charge is 2.34. The van der Waals surface area contributed by atoms with E-state index in [-0.39, 0.29) is 34.2 Å². The number of anilines is 1. The van der Waals surface area contributed by atoms with Crippen LogP contribution < -0.4 is 10.6 Å². The van der Waals surface area contributed by atoms with Gasteiger partial charge in [-0.25, -0.2) is 9.97 Å². The summed E-state index contributed by atoms with van der Waals surface area (Å²) >= 11 is 0. The summed E-state index contributed by atoms with van der Waals surface area (Å²) in [6.45, 7) is 1.56. The molecule has 2 N–H and O–H groups in total. The zero-order valence-electron chi connectivity index (χ0n) is 16.2. The Morgan fingerprint density at radius 2 is 2.00 bits per heavy atom. The maximum Gasteiger partial charge on any atom is 0.418 e. The molecule has 1 amide bonds. The van der Waals surface area contributed by atoms with Crippen molar-refractivity contribution in [1.29, 1.82) is 0 Å². The van der Waals surface area contributed by atoms with Crippen molar-refractivity contribution in [2.45, 2.75) is 19.1 Å². The van der Waals surface area contributed by atoms with E-state index in [9.17, 15) is 18.0 Å². The Balaban J connectivity index is 2.00. The van der Waals surface area contributed by atoms with E-state index < -0.39 is 17.8 Å². The van der Waals surface area contributed by atoms with Crippen molar-refractivity contribution in [3.05, 3.63) is 36.2 Å². The Labute approximate surface area is 167 Å². The Hall–Kier alpha value is -3.70. The number of amides is 1. The number of hydrogen-bond acceptors (Lipinski definition) is 6. The lowest BCUT2D eigenvalue weighted by Gasteiger charge is -2.16. The molecule has 0 fully saturated rings. The van der Waals surface area contributed by atoms with E-state index in [0.29, 0.717) is 5.56 Å². The Morgan fingerprint density at radius 3 is 2.63 bits per heavy atom. The third kappa shape index (κ3) is 3.29. The van der Waals surface area contributed by atoms with Crippen LogP contribution in [0.15, 0.2) is 30.6 Å². The van der Waals surface area contributed by atoms with Crippen LogP contribution >= 0.6 is 0 Å². The van der Waals surface area contributed by atoms with Crippen molar-refractivity contribution in [1.82, 2.24) is 34.7 Å². The highest BCUT2D eigenvalue weighted by atomic mass is 19.4. The van der Waals surface area contributed by atoms with Crippen LogP contribution in [0.2, 0.25) is 0 Å². The van der Waals surface area contributed by atoms with Gasteiger partial charge in [0.05, 0.1) is 22.8 Å². The van der Waals surface area contributed by atoms with Crippen LogP contribution in [0.5, 0.6) is 0 Å². The lowest BCUT2D eigenvalue weighted by Crippen LogP contribution is -2.36. The number of fused-ring (bicyclic) bond motifs is 3. The predicted molar refractivity (Wildman–Crippen MR) is 103 cm³/mol. The van der Waals surface area contributed by atoms with Crippen LogP contribution in [-0.2, 0) is 18.0 Å². The van der Waals surface area contributed by atoms with Crippen LogP contribution in [0, 0.1) is 0 Å². The third-order valence-electron chi connectivity index (χ3n) is 4.56. The zero-order valence-corrected chi connectivity index (χ0v) is 16.2. The third-order valence-corrected chi connectivity index (χ3v) is 4.56. The molecule has 30 heavy (non-hydrogen) atoms. The normalized spacial score (nSPS) is 13.0. The summed E-state index contributed by atoms with van der Waals surface area (Å²) in [7, 11) is 3.19. The summed E-state index contributed by atoms with van der Waals surface area (Å²) in [6.07, 6.45) is -1.38. The fourth-order valence-electron chi connectivity index (χ4n) is 3.09. The number of halogens is 3. The molecule has 0 aliphatic heterocycles. The molecule has 3 aromatic heterocycles. The number of carbonyl (C=O) groups excluding carboxylic acids is 1. The molecule has 12 heteroatoms. The predicted octanol–water partition coefficient (Wildman–Crippen LogP) is 2.24. The van der Waals surface area contributed by atoms with E-state index in [2.05, 4.69) is 30.8 Å². The lowest BCUT2D eigenvalue weighted by molar-refractivity contribution is -0.136. The molecule has 0 spiro atoms. The first-order valence-corrected chi connectivity index (χ1v) is 8.93. The number of hydrogen-bond donors (Lipinski definition) is 2. The Kier molecular flexibility index (Phi) is 4.56. The number of aromatic nitrogens is 6. The van der Waals surface area contributed by atoms with E-state index in [4.69, 9.17) is 0 Å². The van der Waals surface area contributed by atoms with Gasteiger partial charge in [0.15, 0.2) is 11.5 Å². The van der Waals surface area contributed by atoms with Crippen LogP contribution in [0.4, 0.5) is 19.1 Å². The van der Waals surface area contributed by atoms with Gasteiger partial charge in [-0.2, -0.15) is 22.8 Å². The molecule has 4 rings (SSSR count). The van der Waals surface area contributed by atoms with Gasteiger partial charge in [0.25, 0.3) is 0 Å². The number of nitrogens with one attached hydrogen (secondary N) is 2. The summed E-state index contributed by atoms with van der Waals surface area (Å²) in [4.78, 5) is 20.5. The van der Waals surface area contributed by atoms with Gasteiger partial charge in [-0.15, -0.1) is 5.10 Å². The van der Waals surface area contributed by atoms with Gasteiger partial charge in [-0.3, -0.25) is 9.48 Å². The van der Waals surface area contributed by atoms with Crippen LogP contribution in [0.25, 0.3) is 27.9 Å². The van der Waals surface area contributed by atoms with Crippen molar-refractivity contribution in [2.24, 2.45) is 7.05 Å². The number of rotatable bonds is 4. The second-order valence-electron chi connectivity index (χ2n) is 6.69. The summed E-state index contributed by atoms with van der Waals surface area (Å²) in [6, 6.07) is 2.98. The van der Waals surface area contributed by atoms with Gasteiger partial charge < -0.3 is 10.6 Å². The molecule has 0 unspecified atom stereocenters. The van der Waals surface area contributed by atoms with E-state index in [1.807, 2.05) is 0 Å². The molecule has 1 atom stereocenters. The van der Waals surface area contributed by atoms with Crippen LogP contribution in [-0.4, -0.2) is 48.4 Å². The SMILES string of the molecule is CNC(=O)[C@@H](C)Nc1nc2c(C(F)(F)F)cccc2c2nc(-c3cnn(C)c3)nn12. The summed E-state index contributed by atoms with van der Waals surface area (Å²) < 4.78 is 43.6. The first-order valence-electron chi connectivity index (χ1n) is 8.93. The second kappa shape index (κ2) is 6.97. The van der Waals surface area contributed by atoms with Gasteiger partial charge in [0, 0.05) is 25.7 Å². The van der Waals surface area contributed by atoms with E-state index in [1.165, 1.54) is 23.7 Å². The Morgan fingerprint density at radius 1 is 1.23 bits per heavy atom. The minimum absolute atomic E-state index is 0.0343. The number of carbonyl (C=O) groups is 1. The molecular weight excluding hydrogens is 401 g/mol. The molecular formula is C18H17F3N8O. The number of nitrogens with zero attached hydrogens (tertiary/aromatic N) is 6. The minimum atomic E-state index is -4.61. The zero-order chi connectivity index (χ0) is 21.6. The molecule has 0 aliphatic rings. The fraction of sp³-hybridized carbons (Fsp3) is 0.278. The maximum absolute atomic E-state index is 13.6. The molecule has 9 nitrogen and oxygen atoms in total. The quantitative estimate of drug-likeness (QED) is 0.527. The first kappa shape index (κ1) is 19.6. The Bertz CT molecular complexity index is 1260. The lowest BCUT2D eigenvalue weighted by atomic mass is 10.1. The molecule has 3 heterocycles. The average Bonchev–Trinajstić information content (AvgIpc) is 3.32. The summed E-state index contributed by atoms with van der Waals surface area (Å²) in [5.74, 6) is -0.125. The standard InChI is InChI=1S/C18H17F3N8O/c1-9(16(30)22-2)24-17-25-13-11(5-4-6-12(13)18(19,20)21)15-26-14(27-29(15)17)10-7-23-28(3)8-10/h4-9H,1-3H3,(H,22,30)(H,24,25)/t9-/m1/s1. The number of aryl methyl sites for hydroxylation is 1. The van der Waals surface area contributed by atoms with Crippen molar-refractivity contribution in [3.8, 4) is 11.4 Å². The topological polar surface area (TPSA) is 102 Å². The largest absolute Gasteiger partial charge is 0.418 e. The number of para-hydroxylation sites is 1. The first-order chi connectivity index (χ1) is 14.2. The van der Waals surface area contributed by atoms with E-state index in [0.717, 1.165) is 6.07 Å². The fourth-order valence-corrected chi connectivity index (χ4v) is 3.09. The summed E-state index contributed by atoms with van der Waals surface area (Å²) in [5, 5.41) is 13.9. The molecule has 0 bridgehead atoms. The highest BCUT2D eigenvalue weighted by molar-refractivity contribution is 5.95. The van der Waals surface area contributed by atoms with Gasteiger partial charge in [0.2, 0.25) is 11.9 Å². The average molecular weight is 418 g/mol. The minimum Gasteiger partial charge on any atom is -0.357 e. The van der Waals surface area contributed by atoms with Crippen molar-refractivity contribution >= 4 is 28.4 Å². The number of alkyl halides is 3. The van der Waals surface area contributed by atoms with Crippen molar-refractivity contribution in [2.75, 3.05) is 12.4 Å². The maximum atomic E-state index is 13.6. The highest BCUT2D eigenvalue weighted by Crippen LogP contribution is 2.36. The molecule has 0 radical (unpaired) electrons. The van der Waals surface area contributed by atoms with Crippen LogP contribution in [0.3, 0.4) is 0 Å². The molecule has 0 aliphatic carbocycles. The second-order valence-corrected chi connectivity index (χ2v) is 6.69. The van der Waals surface area contributed by atoms with Gasteiger partial charge in [-0.1, -0.05) is 6.07 Å². The molecule has 1 aromatic carbocycles. The van der Waals surface area contributed by atoms with E-state index >= 15 is 0 Å². The smallest absolute Gasteiger partial charge is 0.357 e.